The fourth-order valence-corrected chi connectivity index (χ4v) is 8.98. The Morgan fingerprint density at radius 1 is 0.443 bits per heavy atom. The molecule has 0 aromatic heterocycles. The zero-order valence-corrected chi connectivity index (χ0v) is 47.4. The summed E-state index contributed by atoms with van der Waals surface area (Å²) in [5.41, 5.74) is 0. The first-order valence-electron chi connectivity index (χ1n) is 29.3. The van der Waals surface area contributed by atoms with Crippen molar-refractivity contribution >= 4 is 19.8 Å². The minimum Gasteiger partial charge on any atom is -0.756 e. The quantitative estimate of drug-likeness (QED) is 0.0195. The molecule has 0 saturated heterocycles. The summed E-state index contributed by atoms with van der Waals surface area (Å²) in [6.45, 7) is 4.22. The van der Waals surface area contributed by atoms with E-state index in [0.29, 0.717) is 17.4 Å². The molecule has 0 aromatic rings. The Balaban J connectivity index is 4.10. The van der Waals surface area contributed by atoms with Gasteiger partial charge < -0.3 is 27.9 Å². The van der Waals surface area contributed by atoms with Gasteiger partial charge in [-0.15, -0.1) is 0 Å². The minimum absolute atomic E-state index is 0.0319. The van der Waals surface area contributed by atoms with E-state index in [1.54, 1.807) is 0 Å². The van der Waals surface area contributed by atoms with Crippen LogP contribution in [0.1, 0.15) is 271 Å². The van der Waals surface area contributed by atoms with Crippen molar-refractivity contribution in [3.05, 3.63) is 48.6 Å². The van der Waals surface area contributed by atoms with E-state index in [2.05, 4.69) is 62.5 Å². The fraction of sp³-hybridized carbons (Fsp3) is 0.833. The van der Waals surface area contributed by atoms with Gasteiger partial charge in [-0.2, -0.15) is 0 Å². The molecule has 410 valence electrons. The molecule has 0 aliphatic heterocycles. The molecule has 0 heterocycles. The van der Waals surface area contributed by atoms with Crippen molar-refractivity contribution in [2.75, 3.05) is 47.5 Å². The Morgan fingerprint density at radius 2 is 0.771 bits per heavy atom. The zero-order chi connectivity index (χ0) is 51.3. The van der Waals surface area contributed by atoms with Crippen molar-refractivity contribution in [1.82, 2.24) is 0 Å². The molecular weight excluding hydrogens is 894 g/mol. The van der Waals surface area contributed by atoms with E-state index in [4.69, 9.17) is 18.5 Å². The average Bonchev–Trinajstić information content (AvgIpc) is 3.32. The van der Waals surface area contributed by atoms with E-state index >= 15 is 0 Å². The highest BCUT2D eigenvalue weighted by molar-refractivity contribution is 7.45. The third-order valence-corrected chi connectivity index (χ3v) is 13.8. The Morgan fingerprint density at radius 3 is 1.16 bits per heavy atom. The first-order valence-corrected chi connectivity index (χ1v) is 30.8. The fourth-order valence-electron chi connectivity index (χ4n) is 8.25. The highest BCUT2D eigenvalue weighted by Gasteiger charge is 2.22. The lowest BCUT2D eigenvalue weighted by atomic mass is 10.0. The van der Waals surface area contributed by atoms with Crippen molar-refractivity contribution < 1.29 is 42.1 Å². The first-order chi connectivity index (χ1) is 34.0. The molecule has 0 fully saturated rings. The van der Waals surface area contributed by atoms with Gasteiger partial charge in [-0.1, -0.05) is 229 Å². The summed E-state index contributed by atoms with van der Waals surface area (Å²) in [4.78, 5) is 37.8. The Kier molecular flexibility index (Phi) is 50.4. The second kappa shape index (κ2) is 51.9. The van der Waals surface area contributed by atoms with E-state index < -0.39 is 26.5 Å². The number of unbranched alkanes of at least 4 members (excludes halogenated alkanes) is 32. The van der Waals surface area contributed by atoms with Crippen molar-refractivity contribution in [3.63, 3.8) is 0 Å². The molecule has 70 heavy (non-hydrogen) atoms. The second-order valence-electron chi connectivity index (χ2n) is 21.0. The van der Waals surface area contributed by atoms with Crippen LogP contribution in [0.25, 0.3) is 0 Å². The predicted octanol–water partition coefficient (Wildman–Crippen LogP) is 17.5. The molecule has 0 aliphatic carbocycles. The lowest BCUT2D eigenvalue weighted by molar-refractivity contribution is -0.870. The van der Waals surface area contributed by atoms with Gasteiger partial charge in [-0.25, -0.2) is 0 Å². The van der Waals surface area contributed by atoms with Crippen LogP contribution in [0.4, 0.5) is 0 Å². The van der Waals surface area contributed by atoms with Crippen LogP contribution in [0.15, 0.2) is 48.6 Å². The van der Waals surface area contributed by atoms with Gasteiger partial charge in [0.2, 0.25) is 0 Å². The Labute approximate surface area is 433 Å². The summed E-state index contributed by atoms with van der Waals surface area (Å²) in [6, 6.07) is 0. The van der Waals surface area contributed by atoms with Gasteiger partial charge in [-0.3, -0.25) is 14.2 Å². The molecule has 0 rings (SSSR count). The number of nitrogens with zero attached hydrogens (tertiary/aromatic N) is 1. The normalized spacial score (nSPS) is 13.6. The van der Waals surface area contributed by atoms with Crippen molar-refractivity contribution in [2.45, 2.75) is 277 Å². The van der Waals surface area contributed by atoms with Crippen LogP contribution in [-0.4, -0.2) is 70.0 Å². The number of phosphoric acid groups is 1. The summed E-state index contributed by atoms with van der Waals surface area (Å²) < 4.78 is 34.1. The number of rotatable bonds is 54. The van der Waals surface area contributed by atoms with Crippen molar-refractivity contribution in [1.29, 1.82) is 0 Å². The topological polar surface area (TPSA) is 111 Å². The van der Waals surface area contributed by atoms with Crippen LogP contribution in [0.3, 0.4) is 0 Å². The van der Waals surface area contributed by atoms with Crippen LogP contribution in [-0.2, 0) is 32.7 Å². The monoisotopic (exact) mass is 1010 g/mol. The molecule has 0 aliphatic rings. The van der Waals surface area contributed by atoms with Crippen LogP contribution in [0.2, 0.25) is 0 Å². The Hall–Kier alpha value is -2.03. The molecule has 9 nitrogen and oxygen atoms in total. The van der Waals surface area contributed by atoms with E-state index in [0.717, 1.165) is 64.2 Å². The van der Waals surface area contributed by atoms with Gasteiger partial charge >= 0.3 is 11.9 Å². The summed E-state index contributed by atoms with van der Waals surface area (Å²) in [6.07, 6.45) is 64.4. The third-order valence-electron chi connectivity index (χ3n) is 12.8. The maximum absolute atomic E-state index is 12.8. The van der Waals surface area contributed by atoms with Crippen molar-refractivity contribution in [3.8, 4) is 0 Å². The van der Waals surface area contributed by atoms with Gasteiger partial charge in [0, 0.05) is 12.8 Å². The van der Waals surface area contributed by atoms with E-state index in [-0.39, 0.29) is 32.0 Å². The number of allylic oxidation sites excluding steroid dienone is 8. The van der Waals surface area contributed by atoms with Crippen LogP contribution >= 0.6 is 7.82 Å². The summed E-state index contributed by atoms with van der Waals surface area (Å²) in [5.74, 6) is -0.834. The number of hydrogen-bond acceptors (Lipinski definition) is 8. The van der Waals surface area contributed by atoms with Gasteiger partial charge in [0.05, 0.1) is 27.7 Å². The minimum atomic E-state index is -4.64. The second-order valence-corrected chi connectivity index (χ2v) is 22.4. The molecule has 0 spiro atoms. The SMILES string of the molecule is CCCCC/C=C\C/C=C\CCCCCCCCCC(=O)OCC(COP(=O)([O-])OCC[N+](C)(C)C)OC(=O)CCCCCCCCCCCCCCCCCCC/C=C\C/C=C\CCCCCCC. The summed E-state index contributed by atoms with van der Waals surface area (Å²) >= 11 is 0. The maximum atomic E-state index is 12.8. The summed E-state index contributed by atoms with van der Waals surface area (Å²) in [7, 11) is 1.17. The first kappa shape index (κ1) is 68.0. The lowest BCUT2D eigenvalue weighted by Gasteiger charge is -2.28. The van der Waals surface area contributed by atoms with Crippen LogP contribution in [0.5, 0.6) is 0 Å². The molecule has 0 amide bonds. The molecule has 0 N–H and O–H groups in total. The van der Waals surface area contributed by atoms with E-state index in [9.17, 15) is 19.0 Å². The molecule has 10 heteroatoms. The average molecular weight is 1010 g/mol. The van der Waals surface area contributed by atoms with Gasteiger partial charge in [-0.05, 0) is 77.0 Å². The molecule has 2 unspecified atom stereocenters. The number of phosphoric ester groups is 1. The number of quaternary nitrogens is 1. The number of ether oxygens (including phenoxy) is 2. The van der Waals surface area contributed by atoms with Crippen molar-refractivity contribution in [2.24, 2.45) is 0 Å². The summed E-state index contributed by atoms with van der Waals surface area (Å²) in [5, 5.41) is 0. The van der Waals surface area contributed by atoms with Gasteiger partial charge in [0.25, 0.3) is 7.82 Å². The maximum Gasteiger partial charge on any atom is 0.306 e. The van der Waals surface area contributed by atoms with E-state index in [1.807, 2.05) is 21.1 Å². The Bertz CT molecular complexity index is 1320. The van der Waals surface area contributed by atoms with E-state index in [1.165, 1.54) is 173 Å². The molecule has 0 radical (unpaired) electrons. The zero-order valence-electron chi connectivity index (χ0n) is 46.5. The van der Waals surface area contributed by atoms with Gasteiger partial charge in [0.1, 0.15) is 19.8 Å². The predicted molar refractivity (Wildman–Crippen MR) is 296 cm³/mol. The van der Waals surface area contributed by atoms with Crippen LogP contribution in [0, 0.1) is 0 Å². The number of hydrogen-bond donors (Lipinski definition) is 0. The molecule has 0 aromatic carbocycles. The molecule has 2 atom stereocenters. The van der Waals surface area contributed by atoms with Gasteiger partial charge in [0.15, 0.2) is 6.10 Å². The number of carbonyl (C=O) groups excluding carboxylic acids is 2. The number of likely N-dealkylation sites (N-methyl/N-ethyl adjacent to an activating group) is 1. The third kappa shape index (κ3) is 55.3. The number of esters is 2. The number of carbonyl (C=O) groups is 2. The molecular formula is C60H112NO8P. The lowest BCUT2D eigenvalue weighted by Crippen LogP contribution is -2.37. The van der Waals surface area contributed by atoms with Crippen LogP contribution < -0.4 is 4.89 Å². The highest BCUT2D eigenvalue weighted by atomic mass is 31.2. The molecule has 0 bridgehead atoms. The molecule has 0 saturated carbocycles. The smallest absolute Gasteiger partial charge is 0.306 e. The largest absolute Gasteiger partial charge is 0.756 e. The standard InChI is InChI=1S/C60H112NO8P/c1-6-8-10-12-14-16-18-20-22-24-25-26-27-28-29-30-31-32-33-34-35-37-39-41-43-45-47-49-51-53-60(63)69-58(57-68-70(64,65)67-55-54-61(3,4)5)56-66-59(62)52-50-48-46-44-42-40-38-36-23-21-19-17-15-13-11-9-7-2/h15,17-18,20-21,23-25,58H,6-14,16,19,22,26-57H2,1-5H3/b17-15-,20-18-,23-21-,25-24-. The highest BCUT2D eigenvalue weighted by Crippen LogP contribution is 2.38.